The minimum Gasteiger partial charge on any atom is -0.494 e. The van der Waals surface area contributed by atoms with Crippen molar-refractivity contribution in [2.24, 2.45) is 0 Å². The average molecular weight is 368 g/mol. The third-order valence-corrected chi connectivity index (χ3v) is 4.82. The van der Waals surface area contributed by atoms with E-state index >= 15 is 0 Å². The van der Waals surface area contributed by atoms with Crippen LogP contribution in [0.5, 0.6) is 5.75 Å². The molecular weight excluding hydrogens is 340 g/mol. The van der Waals surface area contributed by atoms with Gasteiger partial charge in [-0.1, -0.05) is 30.3 Å². The first kappa shape index (κ1) is 19.4. The van der Waals surface area contributed by atoms with Crippen LogP contribution in [0.3, 0.4) is 0 Å². The molecule has 1 heterocycles. The molecular formula is C22H28N2O3. The molecule has 0 atom stereocenters. The van der Waals surface area contributed by atoms with E-state index in [1.54, 1.807) is 7.11 Å². The van der Waals surface area contributed by atoms with Crippen LogP contribution in [0.4, 0.5) is 0 Å². The molecule has 1 aliphatic rings. The van der Waals surface area contributed by atoms with Crippen molar-refractivity contribution in [3.8, 4) is 5.75 Å². The van der Waals surface area contributed by atoms with E-state index in [0.717, 1.165) is 44.0 Å². The SMILES string of the molecule is CCOc1ccc(C(=O)N2CCN(Cc3ccccc3)CC2)cc1COC. The summed E-state index contributed by atoms with van der Waals surface area (Å²) in [4.78, 5) is 17.3. The Labute approximate surface area is 161 Å². The topological polar surface area (TPSA) is 42.0 Å². The summed E-state index contributed by atoms with van der Waals surface area (Å²) in [6.45, 7) is 7.19. The largest absolute Gasteiger partial charge is 0.494 e. The number of nitrogens with zero attached hydrogens (tertiary/aromatic N) is 2. The fourth-order valence-corrected chi connectivity index (χ4v) is 3.41. The van der Waals surface area contributed by atoms with Gasteiger partial charge >= 0.3 is 0 Å². The maximum absolute atomic E-state index is 12.9. The molecule has 2 aromatic rings. The number of rotatable bonds is 7. The summed E-state index contributed by atoms with van der Waals surface area (Å²) in [6.07, 6.45) is 0. The lowest BCUT2D eigenvalue weighted by Gasteiger charge is -2.35. The van der Waals surface area contributed by atoms with E-state index in [0.29, 0.717) is 18.8 Å². The van der Waals surface area contributed by atoms with Crippen LogP contribution in [0.1, 0.15) is 28.4 Å². The number of ether oxygens (including phenoxy) is 2. The molecule has 0 aliphatic carbocycles. The Bertz CT molecular complexity index is 740. The lowest BCUT2D eigenvalue weighted by molar-refractivity contribution is 0.0628. The Kier molecular flexibility index (Phi) is 6.85. The molecule has 0 bridgehead atoms. The molecule has 0 aromatic heterocycles. The quantitative estimate of drug-likeness (QED) is 0.753. The molecule has 5 heteroatoms. The van der Waals surface area contributed by atoms with Gasteiger partial charge in [0.25, 0.3) is 5.91 Å². The first-order valence-corrected chi connectivity index (χ1v) is 9.51. The standard InChI is InChI=1S/C22H28N2O3/c1-3-27-21-10-9-19(15-20(21)17-26-2)22(25)24-13-11-23(12-14-24)16-18-7-5-4-6-8-18/h4-10,15H,3,11-14,16-17H2,1-2H3. The first-order chi connectivity index (χ1) is 13.2. The second-order valence-corrected chi connectivity index (χ2v) is 6.74. The molecule has 5 nitrogen and oxygen atoms in total. The molecule has 1 amide bonds. The van der Waals surface area contributed by atoms with E-state index in [2.05, 4.69) is 29.2 Å². The van der Waals surface area contributed by atoms with Crippen LogP contribution in [-0.4, -0.2) is 55.6 Å². The van der Waals surface area contributed by atoms with Gasteiger partial charge in [0.2, 0.25) is 0 Å². The van der Waals surface area contributed by atoms with Gasteiger partial charge in [0.1, 0.15) is 5.75 Å². The van der Waals surface area contributed by atoms with Crippen LogP contribution >= 0.6 is 0 Å². The number of carbonyl (C=O) groups is 1. The minimum absolute atomic E-state index is 0.0785. The van der Waals surface area contributed by atoms with Crippen LogP contribution in [0, 0.1) is 0 Å². The highest BCUT2D eigenvalue weighted by Crippen LogP contribution is 2.22. The summed E-state index contributed by atoms with van der Waals surface area (Å²) < 4.78 is 10.9. The van der Waals surface area contributed by atoms with Crippen molar-refractivity contribution in [1.29, 1.82) is 0 Å². The number of piperazine rings is 1. The number of benzene rings is 2. The van der Waals surface area contributed by atoms with Gasteiger partial charge in [0.15, 0.2) is 0 Å². The van der Waals surface area contributed by atoms with Crippen molar-refractivity contribution in [3.63, 3.8) is 0 Å². The normalized spacial score (nSPS) is 15.0. The fraction of sp³-hybridized carbons (Fsp3) is 0.409. The monoisotopic (exact) mass is 368 g/mol. The van der Waals surface area contributed by atoms with Gasteiger partial charge in [-0.2, -0.15) is 0 Å². The van der Waals surface area contributed by atoms with Crippen molar-refractivity contribution >= 4 is 5.91 Å². The van der Waals surface area contributed by atoms with E-state index in [4.69, 9.17) is 9.47 Å². The van der Waals surface area contributed by atoms with Crippen LogP contribution in [0.2, 0.25) is 0 Å². The Hall–Kier alpha value is -2.37. The first-order valence-electron chi connectivity index (χ1n) is 9.51. The van der Waals surface area contributed by atoms with Crippen LogP contribution in [-0.2, 0) is 17.9 Å². The highest BCUT2D eigenvalue weighted by molar-refractivity contribution is 5.94. The van der Waals surface area contributed by atoms with E-state index in [-0.39, 0.29) is 5.91 Å². The molecule has 0 spiro atoms. The Morgan fingerprint density at radius 3 is 2.44 bits per heavy atom. The van der Waals surface area contributed by atoms with Gasteiger partial charge < -0.3 is 14.4 Å². The van der Waals surface area contributed by atoms with Crippen LogP contribution in [0.25, 0.3) is 0 Å². The number of amides is 1. The van der Waals surface area contributed by atoms with Crippen molar-refractivity contribution in [1.82, 2.24) is 9.80 Å². The average Bonchev–Trinajstić information content (AvgIpc) is 2.70. The molecule has 144 valence electrons. The smallest absolute Gasteiger partial charge is 0.253 e. The second-order valence-electron chi connectivity index (χ2n) is 6.74. The zero-order valence-corrected chi connectivity index (χ0v) is 16.2. The van der Waals surface area contributed by atoms with Gasteiger partial charge in [0.05, 0.1) is 13.2 Å². The second kappa shape index (κ2) is 9.53. The Morgan fingerprint density at radius 1 is 1.04 bits per heavy atom. The van der Waals surface area contributed by atoms with E-state index in [1.807, 2.05) is 36.1 Å². The lowest BCUT2D eigenvalue weighted by atomic mass is 10.1. The van der Waals surface area contributed by atoms with Crippen molar-refractivity contribution in [3.05, 3.63) is 65.2 Å². The van der Waals surface area contributed by atoms with Gasteiger partial charge in [-0.15, -0.1) is 0 Å². The summed E-state index contributed by atoms with van der Waals surface area (Å²) in [5.41, 5.74) is 2.92. The third-order valence-electron chi connectivity index (χ3n) is 4.82. The van der Waals surface area contributed by atoms with Crippen molar-refractivity contribution in [2.45, 2.75) is 20.1 Å². The molecule has 0 unspecified atom stereocenters. The highest BCUT2D eigenvalue weighted by Gasteiger charge is 2.23. The third kappa shape index (κ3) is 5.08. The molecule has 1 fully saturated rings. The van der Waals surface area contributed by atoms with E-state index in [1.165, 1.54) is 5.56 Å². The predicted molar refractivity (Wildman–Crippen MR) is 106 cm³/mol. The summed E-state index contributed by atoms with van der Waals surface area (Å²) >= 11 is 0. The molecule has 0 saturated carbocycles. The van der Waals surface area contributed by atoms with Crippen molar-refractivity contribution < 1.29 is 14.3 Å². The molecule has 27 heavy (non-hydrogen) atoms. The van der Waals surface area contributed by atoms with Gasteiger partial charge in [0, 0.05) is 51.0 Å². The fourth-order valence-electron chi connectivity index (χ4n) is 3.41. The van der Waals surface area contributed by atoms with E-state index in [9.17, 15) is 4.79 Å². The number of methoxy groups -OCH3 is 1. The molecule has 3 rings (SSSR count). The molecule has 0 radical (unpaired) electrons. The van der Waals surface area contributed by atoms with E-state index < -0.39 is 0 Å². The summed E-state index contributed by atoms with van der Waals surface area (Å²) in [5, 5.41) is 0. The van der Waals surface area contributed by atoms with Crippen LogP contribution < -0.4 is 4.74 Å². The number of hydrogen-bond donors (Lipinski definition) is 0. The number of hydrogen-bond acceptors (Lipinski definition) is 4. The zero-order valence-electron chi connectivity index (χ0n) is 16.2. The predicted octanol–water partition coefficient (Wildman–Crippen LogP) is 3.19. The summed E-state index contributed by atoms with van der Waals surface area (Å²) in [6, 6.07) is 16.1. The molecule has 1 aliphatic heterocycles. The molecule has 1 saturated heterocycles. The highest BCUT2D eigenvalue weighted by atomic mass is 16.5. The van der Waals surface area contributed by atoms with Crippen molar-refractivity contribution in [2.75, 3.05) is 39.9 Å². The summed E-state index contributed by atoms with van der Waals surface area (Å²) in [7, 11) is 1.65. The molecule has 2 aromatic carbocycles. The Morgan fingerprint density at radius 2 is 1.78 bits per heavy atom. The van der Waals surface area contributed by atoms with Gasteiger partial charge in [-0.3, -0.25) is 9.69 Å². The van der Waals surface area contributed by atoms with Crippen LogP contribution in [0.15, 0.2) is 48.5 Å². The van der Waals surface area contributed by atoms with Gasteiger partial charge in [-0.05, 0) is 30.7 Å². The lowest BCUT2D eigenvalue weighted by Crippen LogP contribution is -2.48. The summed E-state index contributed by atoms with van der Waals surface area (Å²) in [5.74, 6) is 0.860. The van der Waals surface area contributed by atoms with Gasteiger partial charge in [-0.25, -0.2) is 0 Å². The number of carbonyl (C=O) groups excluding carboxylic acids is 1. The maximum Gasteiger partial charge on any atom is 0.253 e. The zero-order chi connectivity index (χ0) is 19.1. The maximum atomic E-state index is 12.9. The molecule has 0 N–H and O–H groups in total. The minimum atomic E-state index is 0.0785. The Balaban J connectivity index is 1.61.